The van der Waals surface area contributed by atoms with Crippen molar-refractivity contribution in [1.29, 1.82) is 0 Å². The maximum Gasteiger partial charge on any atom is 0.0782 e. The number of hydrogen-bond acceptors (Lipinski definition) is 3. The summed E-state index contributed by atoms with van der Waals surface area (Å²) in [5.74, 6) is 0.131. The van der Waals surface area contributed by atoms with Gasteiger partial charge in [0.15, 0.2) is 0 Å². The molecule has 4 nitrogen and oxygen atoms in total. The van der Waals surface area contributed by atoms with Gasteiger partial charge in [0.05, 0.1) is 22.8 Å². The van der Waals surface area contributed by atoms with Crippen molar-refractivity contribution >= 4 is 72.4 Å². The van der Waals surface area contributed by atoms with Gasteiger partial charge in [-0.25, -0.2) is 0 Å². The standard InChI is InChI=1S/C64H46N4/c1-7-21-46(22-8-1)65(47-23-9-2-10-24-47)52-37-35-45(36-38-52)59-44-61-62(56-34-20-19-33-54(56)59)58-42-41-57-55-40-39-53(66(48-25-11-3-12-26-48)49-27-13-4-14-28-49)43-60(55)67(50-29-15-5-16-30-50)63(57)64(58)68(61)51-31-17-6-18-32-51/h1-44,55,60H. The van der Waals surface area contributed by atoms with Gasteiger partial charge in [0.25, 0.3) is 0 Å². The first kappa shape index (κ1) is 39.5. The third kappa shape index (κ3) is 6.52. The Morgan fingerprint density at radius 1 is 0.397 bits per heavy atom. The Hall–Kier alpha value is -8.86. The van der Waals surface area contributed by atoms with Crippen LogP contribution in [0.4, 0.5) is 39.8 Å². The molecule has 322 valence electrons. The molecule has 10 aromatic carbocycles. The quantitative estimate of drug-likeness (QED) is 0.144. The Bertz CT molecular complexity index is 3580. The summed E-state index contributed by atoms with van der Waals surface area (Å²) in [5, 5.41) is 4.97. The molecular weight excluding hydrogens is 825 g/mol. The van der Waals surface area contributed by atoms with Crippen LogP contribution in [-0.4, -0.2) is 10.6 Å². The van der Waals surface area contributed by atoms with E-state index in [9.17, 15) is 0 Å². The molecule has 0 saturated carbocycles. The Morgan fingerprint density at radius 3 is 1.46 bits per heavy atom. The third-order valence-electron chi connectivity index (χ3n) is 13.8. The van der Waals surface area contributed by atoms with Crippen molar-refractivity contribution in [2.45, 2.75) is 12.0 Å². The van der Waals surface area contributed by atoms with Crippen molar-refractivity contribution in [2.75, 3.05) is 14.7 Å². The van der Waals surface area contributed by atoms with Crippen LogP contribution in [0.5, 0.6) is 0 Å². The fourth-order valence-corrected chi connectivity index (χ4v) is 10.9. The highest BCUT2D eigenvalue weighted by Crippen LogP contribution is 2.55. The molecule has 1 aliphatic carbocycles. The number of benzene rings is 10. The molecule has 0 radical (unpaired) electrons. The smallest absolute Gasteiger partial charge is 0.0782 e. The number of para-hydroxylation sites is 6. The molecule has 4 heteroatoms. The highest BCUT2D eigenvalue weighted by molar-refractivity contribution is 6.26. The first-order chi connectivity index (χ1) is 33.8. The van der Waals surface area contributed by atoms with Gasteiger partial charge in [-0.15, -0.1) is 0 Å². The topological polar surface area (TPSA) is 14.7 Å². The highest BCUT2D eigenvalue weighted by atomic mass is 15.2. The van der Waals surface area contributed by atoms with Gasteiger partial charge in [0.1, 0.15) is 0 Å². The molecule has 13 rings (SSSR count). The minimum atomic E-state index is 0.0207. The van der Waals surface area contributed by atoms with Gasteiger partial charge in [-0.05, 0) is 131 Å². The molecule has 11 aromatic rings. The molecule has 2 heterocycles. The molecule has 0 amide bonds. The van der Waals surface area contributed by atoms with Crippen LogP contribution in [0.25, 0.3) is 49.4 Å². The van der Waals surface area contributed by atoms with Crippen LogP contribution in [0.3, 0.4) is 0 Å². The predicted octanol–water partition coefficient (Wildman–Crippen LogP) is 17.0. The first-order valence-corrected chi connectivity index (χ1v) is 23.5. The van der Waals surface area contributed by atoms with Crippen LogP contribution in [-0.2, 0) is 0 Å². The maximum atomic E-state index is 2.62. The summed E-state index contributed by atoms with van der Waals surface area (Å²) in [7, 11) is 0. The van der Waals surface area contributed by atoms with Gasteiger partial charge in [-0.3, -0.25) is 0 Å². The summed E-state index contributed by atoms with van der Waals surface area (Å²) in [5.41, 5.74) is 16.4. The molecule has 0 N–H and O–H groups in total. The molecular formula is C64H46N4. The lowest BCUT2D eigenvalue weighted by atomic mass is 9.89. The van der Waals surface area contributed by atoms with Gasteiger partial charge in [-0.1, -0.05) is 164 Å². The van der Waals surface area contributed by atoms with Crippen LogP contribution >= 0.6 is 0 Å². The van der Waals surface area contributed by atoms with Crippen molar-refractivity contribution in [1.82, 2.24) is 4.57 Å². The van der Waals surface area contributed by atoms with Gasteiger partial charge < -0.3 is 19.3 Å². The predicted molar refractivity (Wildman–Crippen MR) is 286 cm³/mol. The Morgan fingerprint density at radius 2 is 0.882 bits per heavy atom. The molecule has 1 aromatic heterocycles. The van der Waals surface area contributed by atoms with E-state index in [4.69, 9.17) is 0 Å². The summed E-state index contributed by atoms with van der Waals surface area (Å²) in [4.78, 5) is 7.32. The number of allylic oxidation sites excluding steroid dienone is 1. The van der Waals surface area contributed by atoms with E-state index in [2.05, 4.69) is 286 Å². The molecule has 68 heavy (non-hydrogen) atoms. The van der Waals surface area contributed by atoms with E-state index in [0.29, 0.717) is 0 Å². The second-order valence-electron chi connectivity index (χ2n) is 17.7. The monoisotopic (exact) mass is 870 g/mol. The van der Waals surface area contributed by atoms with Crippen LogP contribution in [0.1, 0.15) is 11.5 Å². The summed E-state index contributed by atoms with van der Waals surface area (Å²) in [6, 6.07) is 90.0. The molecule has 0 saturated heterocycles. The highest BCUT2D eigenvalue weighted by Gasteiger charge is 2.41. The molecule has 0 spiro atoms. The van der Waals surface area contributed by atoms with Crippen LogP contribution < -0.4 is 14.7 Å². The van der Waals surface area contributed by atoms with Crippen molar-refractivity contribution in [3.63, 3.8) is 0 Å². The van der Waals surface area contributed by atoms with Crippen LogP contribution in [0.2, 0.25) is 0 Å². The lowest BCUT2D eigenvalue weighted by molar-refractivity contribution is 0.735. The van der Waals surface area contributed by atoms with Gasteiger partial charge >= 0.3 is 0 Å². The number of fused-ring (bicyclic) bond motifs is 9. The van der Waals surface area contributed by atoms with Gasteiger partial charge in [0, 0.05) is 62.2 Å². The number of hydrogen-bond donors (Lipinski definition) is 0. The van der Waals surface area contributed by atoms with E-state index in [-0.39, 0.29) is 12.0 Å². The fourth-order valence-electron chi connectivity index (χ4n) is 10.9. The SMILES string of the molecule is C1=CC2c3ccc4c5c6ccccc6c(-c6ccc(N(c7ccccc7)c7ccccc7)cc6)cc5n(-c5ccccc5)c4c3N(c3ccccc3)C2C=C1N(c1ccccc1)c1ccccc1. The van der Waals surface area contributed by atoms with Crippen molar-refractivity contribution in [3.05, 3.63) is 278 Å². The second kappa shape index (κ2) is 16.5. The lowest BCUT2D eigenvalue weighted by Crippen LogP contribution is -2.31. The average Bonchev–Trinajstić information content (AvgIpc) is 3.93. The zero-order valence-electron chi connectivity index (χ0n) is 37.3. The second-order valence-corrected chi connectivity index (χ2v) is 17.7. The lowest BCUT2D eigenvalue weighted by Gasteiger charge is -2.34. The van der Waals surface area contributed by atoms with E-state index in [1.54, 1.807) is 0 Å². The van der Waals surface area contributed by atoms with Crippen molar-refractivity contribution in [2.24, 2.45) is 0 Å². The fraction of sp³-hybridized carbons (Fsp3) is 0.0312. The summed E-state index contributed by atoms with van der Waals surface area (Å²) >= 11 is 0. The van der Waals surface area contributed by atoms with Crippen LogP contribution in [0, 0.1) is 0 Å². The van der Waals surface area contributed by atoms with Gasteiger partial charge in [0.2, 0.25) is 0 Å². The molecule has 0 bridgehead atoms. The Balaban J connectivity index is 1.03. The van der Waals surface area contributed by atoms with Gasteiger partial charge in [-0.2, -0.15) is 0 Å². The van der Waals surface area contributed by atoms with Crippen molar-refractivity contribution in [3.8, 4) is 16.8 Å². The average molecular weight is 871 g/mol. The normalized spacial score (nSPS) is 15.1. The summed E-state index contributed by atoms with van der Waals surface area (Å²) < 4.78 is 2.54. The zero-order valence-corrected chi connectivity index (χ0v) is 37.3. The van der Waals surface area contributed by atoms with E-state index in [1.807, 2.05) is 0 Å². The number of aromatic nitrogens is 1. The molecule has 1 aliphatic heterocycles. The Kier molecular flexibility index (Phi) is 9.61. The van der Waals surface area contributed by atoms with E-state index < -0.39 is 0 Å². The summed E-state index contributed by atoms with van der Waals surface area (Å²) in [6.07, 6.45) is 7.27. The van der Waals surface area contributed by atoms with E-state index in [1.165, 1.54) is 60.6 Å². The molecule has 2 atom stereocenters. The zero-order chi connectivity index (χ0) is 45.0. The van der Waals surface area contributed by atoms with E-state index >= 15 is 0 Å². The van der Waals surface area contributed by atoms with Crippen molar-refractivity contribution < 1.29 is 0 Å². The number of rotatable bonds is 9. The molecule has 2 unspecified atom stereocenters. The third-order valence-corrected chi connectivity index (χ3v) is 13.8. The van der Waals surface area contributed by atoms with Crippen LogP contribution in [0.15, 0.2) is 273 Å². The minimum absolute atomic E-state index is 0.0207. The largest absolute Gasteiger partial charge is 0.332 e. The maximum absolute atomic E-state index is 2.62. The number of nitrogens with zero attached hydrogens (tertiary/aromatic N) is 4. The molecule has 0 fully saturated rings. The van der Waals surface area contributed by atoms with E-state index in [0.717, 1.165) is 39.8 Å². The summed E-state index contributed by atoms with van der Waals surface area (Å²) in [6.45, 7) is 0. The first-order valence-electron chi connectivity index (χ1n) is 23.5. The molecule has 2 aliphatic rings. The Labute approximate surface area is 396 Å². The minimum Gasteiger partial charge on any atom is -0.332 e. The number of anilines is 7.